The largest absolute Gasteiger partial charge is 0.392 e. The maximum Gasteiger partial charge on any atom is 0.257 e. The third-order valence-electron chi connectivity index (χ3n) is 8.16. The molecule has 0 saturated carbocycles. The highest BCUT2D eigenvalue weighted by molar-refractivity contribution is 7.13. The zero-order chi connectivity index (χ0) is 29.7. The smallest absolute Gasteiger partial charge is 0.257 e. The molecule has 1 amide bonds. The standard InChI is InChI=1S/C30H28Cl2FN7O2S/c31-23-12-21(18-3-1-17(2-4-18)5-8-38-9-6-20(41)14-38)25(32)26-22(23)15-40(37-26)28(29(42)36-30-34-7-10-43-30)27-24-11-19(33)13-39(24)16-35-27/h1-4,7,10,12,15-16,19-20,28,41H,5-6,8-9,11,13-14H2,(H,34,36,42)/t19-,20?,28?/m1/s1. The van der Waals surface area contributed by atoms with Gasteiger partial charge in [-0.05, 0) is 30.0 Å². The van der Waals surface area contributed by atoms with Gasteiger partial charge in [0.05, 0.1) is 34.7 Å². The van der Waals surface area contributed by atoms with E-state index in [1.807, 2.05) is 18.2 Å². The van der Waals surface area contributed by atoms with E-state index in [-0.39, 0.29) is 19.1 Å². The quantitative estimate of drug-likeness (QED) is 0.236. The van der Waals surface area contributed by atoms with Gasteiger partial charge in [-0.1, -0.05) is 47.5 Å². The van der Waals surface area contributed by atoms with E-state index >= 15 is 0 Å². The monoisotopic (exact) mass is 639 g/mol. The Balaban J connectivity index is 1.21. The summed E-state index contributed by atoms with van der Waals surface area (Å²) in [5.74, 6) is -0.405. The van der Waals surface area contributed by atoms with E-state index in [4.69, 9.17) is 28.3 Å². The highest BCUT2D eigenvalue weighted by Gasteiger charge is 2.34. The van der Waals surface area contributed by atoms with Crippen molar-refractivity contribution in [3.63, 3.8) is 0 Å². The van der Waals surface area contributed by atoms with Gasteiger partial charge < -0.3 is 14.6 Å². The fourth-order valence-electron chi connectivity index (χ4n) is 5.97. The number of nitrogens with one attached hydrogen (secondary N) is 1. The summed E-state index contributed by atoms with van der Waals surface area (Å²) in [6, 6.07) is 8.99. The van der Waals surface area contributed by atoms with E-state index in [0.717, 1.165) is 43.6 Å². The molecule has 1 fully saturated rings. The molecule has 2 aliphatic heterocycles. The molecule has 43 heavy (non-hydrogen) atoms. The van der Waals surface area contributed by atoms with Crippen molar-refractivity contribution in [2.75, 3.05) is 25.0 Å². The van der Waals surface area contributed by atoms with E-state index in [1.54, 1.807) is 28.7 Å². The number of rotatable bonds is 8. The lowest BCUT2D eigenvalue weighted by molar-refractivity contribution is -0.118. The lowest BCUT2D eigenvalue weighted by Crippen LogP contribution is -2.28. The van der Waals surface area contributed by atoms with Crippen molar-refractivity contribution in [3.8, 4) is 11.1 Å². The normalized spacial score (nSPS) is 19.3. The van der Waals surface area contributed by atoms with Crippen LogP contribution in [-0.4, -0.2) is 72.1 Å². The zero-order valence-corrected chi connectivity index (χ0v) is 25.3. The van der Waals surface area contributed by atoms with E-state index < -0.39 is 18.1 Å². The number of halogens is 3. The Kier molecular flexibility index (Phi) is 7.68. The number of thiazole rings is 1. The van der Waals surface area contributed by atoms with Crippen LogP contribution in [0.15, 0.2) is 54.4 Å². The Hall–Kier alpha value is -3.35. The number of hydrogen-bond acceptors (Lipinski definition) is 7. The minimum absolute atomic E-state index is 0.165. The lowest BCUT2D eigenvalue weighted by Gasteiger charge is -2.16. The summed E-state index contributed by atoms with van der Waals surface area (Å²) in [6.45, 7) is 2.75. The Morgan fingerprint density at radius 3 is 2.79 bits per heavy atom. The number of fused-ring (bicyclic) bond motifs is 2. The van der Waals surface area contributed by atoms with Crippen molar-refractivity contribution in [1.82, 2.24) is 29.2 Å². The molecule has 5 heterocycles. The average molecular weight is 641 g/mol. The maximum atomic E-state index is 14.3. The van der Waals surface area contributed by atoms with Crippen molar-refractivity contribution in [2.24, 2.45) is 0 Å². The van der Waals surface area contributed by atoms with Crippen molar-refractivity contribution >= 4 is 56.5 Å². The van der Waals surface area contributed by atoms with Crippen LogP contribution >= 0.6 is 34.5 Å². The van der Waals surface area contributed by atoms with E-state index in [1.165, 1.54) is 21.6 Å². The second-order valence-electron chi connectivity index (χ2n) is 11.0. The van der Waals surface area contributed by atoms with Gasteiger partial charge in [0.1, 0.15) is 11.7 Å². The second kappa shape index (κ2) is 11.6. The van der Waals surface area contributed by atoms with Crippen LogP contribution in [0.25, 0.3) is 22.0 Å². The van der Waals surface area contributed by atoms with Crippen LogP contribution < -0.4 is 5.32 Å². The van der Waals surface area contributed by atoms with Gasteiger partial charge >= 0.3 is 0 Å². The first kappa shape index (κ1) is 28.4. The van der Waals surface area contributed by atoms with Gasteiger partial charge in [0.25, 0.3) is 5.91 Å². The molecular formula is C30H28Cl2FN7O2S. The van der Waals surface area contributed by atoms with Gasteiger partial charge in [-0.2, -0.15) is 5.10 Å². The SMILES string of the molecule is O=C(Nc1nccs1)C(c1ncn2c1C[C@@H](F)C2)n1cc2c(Cl)cc(-c3ccc(CCN4CCC(O)C4)cc3)c(Cl)c2n1. The molecule has 0 spiro atoms. The number of aliphatic hydroxyl groups excluding tert-OH is 1. The number of nitrogens with zero attached hydrogens (tertiary/aromatic N) is 6. The number of imidazole rings is 1. The fraction of sp³-hybridized carbons (Fsp3) is 0.333. The van der Waals surface area contributed by atoms with Gasteiger partial charge in [-0.15, -0.1) is 11.3 Å². The fourth-order valence-corrected chi connectivity index (χ4v) is 7.05. The Morgan fingerprint density at radius 1 is 1.21 bits per heavy atom. The second-order valence-corrected chi connectivity index (χ2v) is 12.7. The third kappa shape index (κ3) is 5.56. The molecule has 3 aromatic heterocycles. The molecule has 2 N–H and O–H groups in total. The number of anilines is 1. The Labute approximate surface area is 260 Å². The van der Waals surface area contributed by atoms with E-state index in [0.29, 0.717) is 37.5 Å². The molecule has 1 saturated heterocycles. The number of amides is 1. The topological polar surface area (TPSA) is 101 Å². The summed E-state index contributed by atoms with van der Waals surface area (Å²) < 4.78 is 17.5. The van der Waals surface area contributed by atoms with E-state index in [2.05, 4.69) is 32.3 Å². The van der Waals surface area contributed by atoms with E-state index in [9.17, 15) is 14.3 Å². The highest BCUT2D eigenvalue weighted by Crippen LogP contribution is 2.39. The summed E-state index contributed by atoms with van der Waals surface area (Å²) in [5.41, 5.74) is 4.34. The predicted octanol–water partition coefficient (Wildman–Crippen LogP) is 5.39. The molecule has 2 unspecified atom stereocenters. The van der Waals surface area contributed by atoms with Crippen LogP contribution in [0.4, 0.5) is 9.52 Å². The number of aromatic nitrogens is 5. The predicted molar refractivity (Wildman–Crippen MR) is 166 cm³/mol. The first-order valence-electron chi connectivity index (χ1n) is 14.1. The van der Waals surface area contributed by atoms with Gasteiger partial charge in [0.2, 0.25) is 0 Å². The summed E-state index contributed by atoms with van der Waals surface area (Å²) >= 11 is 15.0. The molecule has 0 radical (unpaired) electrons. The van der Waals surface area contributed by atoms with Crippen LogP contribution in [0.5, 0.6) is 0 Å². The number of benzene rings is 2. The number of alkyl halides is 1. The van der Waals surface area contributed by atoms with Crippen molar-refractivity contribution in [2.45, 2.75) is 44.1 Å². The number of carbonyl (C=O) groups is 1. The maximum absolute atomic E-state index is 14.3. The molecule has 2 aliphatic rings. The number of β-amino-alcohol motifs (C(OH)–C–C–N with tert-alkyl or cyclic N) is 1. The van der Waals surface area contributed by atoms with Crippen LogP contribution in [0.1, 0.15) is 29.4 Å². The summed E-state index contributed by atoms with van der Waals surface area (Å²) in [4.78, 5) is 24.6. The van der Waals surface area contributed by atoms with Crippen molar-refractivity contribution in [1.29, 1.82) is 0 Å². The van der Waals surface area contributed by atoms with Gasteiger partial charge in [0, 0.05) is 60.5 Å². The summed E-state index contributed by atoms with van der Waals surface area (Å²) in [5, 5.41) is 21.0. The minimum Gasteiger partial charge on any atom is -0.392 e. The summed E-state index contributed by atoms with van der Waals surface area (Å²) in [7, 11) is 0. The molecule has 222 valence electrons. The lowest BCUT2D eigenvalue weighted by atomic mass is 10.0. The Morgan fingerprint density at radius 2 is 2.05 bits per heavy atom. The molecule has 7 rings (SSSR count). The molecule has 5 aromatic rings. The highest BCUT2D eigenvalue weighted by atomic mass is 35.5. The van der Waals surface area contributed by atoms with Gasteiger partial charge in [-0.25, -0.2) is 14.4 Å². The molecule has 2 aromatic carbocycles. The molecule has 9 nitrogen and oxygen atoms in total. The van der Waals surface area contributed by atoms with Crippen LogP contribution in [0.3, 0.4) is 0 Å². The Bertz CT molecular complexity index is 1790. The van der Waals surface area contributed by atoms with Gasteiger partial charge in [0.15, 0.2) is 11.2 Å². The first-order chi connectivity index (χ1) is 20.8. The molecule has 0 aliphatic carbocycles. The van der Waals surface area contributed by atoms with Crippen LogP contribution in [0.2, 0.25) is 10.0 Å². The van der Waals surface area contributed by atoms with Crippen molar-refractivity contribution in [3.05, 3.63) is 81.4 Å². The van der Waals surface area contributed by atoms with Crippen LogP contribution in [-0.2, 0) is 24.2 Å². The van der Waals surface area contributed by atoms with Gasteiger partial charge in [-0.3, -0.25) is 14.8 Å². The summed E-state index contributed by atoms with van der Waals surface area (Å²) in [6.07, 6.45) is 5.47. The van der Waals surface area contributed by atoms with Crippen molar-refractivity contribution < 1.29 is 14.3 Å². The molecule has 13 heteroatoms. The minimum atomic E-state index is -1.04. The molecule has 0 bridgehead atoms. The average Bonchev–Trinajstić information content (AvgIpc) is 3.82. The number of carbonyl (C=O) groups excluding carboxylic acids is 1. The first-order valence-corrected chi connectivity index (χ1v) is 15.7. The number of aliphatic hydroxyl groups is 1. The number of likely N-dealkylation sites (tertiary alicyclic amines) is 1. The molecular weight excluding hydrogens is 612 g/mol. The number of hydrogen-bond donors (Lipinski definition) is 2. The zero-order valence-electron chi connectivity index (χ0n) is 23.0. The third-order valence-corrected chi connectivity index (χ3v) is 9.54. The molecule has 3 atom stereocenters. The van der Waals surface area contributed by atoms with Crippen LogP contribution in [0, 0.1) is 0 Å².